The molecule has 0 aliphatic heterocycles. The number of carbonyl (C=O) groups is 1. The first-order valence-electron chi connectivity index (χ1n) is 7.47. The van der Waals surface area contributed by atoms with Crippen molar-refractivity contribution in [1.82, 2.24) is 4.98 Å². The molecule has 0 fully saturated rings. The van der Waals surface area contributed by atoms with Gasteiger partial charge >= 0.3 is 0 Å². The minimum absolute atomic E-state index is 0.252. The predicted octanol–water partition coefficient (Wildman–Crippen LogP) is 4.02. The van der Waals surface area contributed by atoms with Crippen LogP contribution in [0.25, 0.3) is 10.9 Å². The molecule has 0 aliphatic rings. The molecule has 2 aromatic carbocycles. The Bertz CT molecular complexity index is 856. The van der Waals surface area contributed by atoms with Crippen molar-refractivity contribution in [2.75, 3.05) is 23.8 Å². The summed E-state index contributed by atoms with van der Waals surface area (Å²) in [6.45, 7) is 2.94. The summed E-state index contributed by atoms with van der Waals surface area (Å²) in [6.07, 6.45) is 0. The molecule has 1 heterocycles. The highest BCUT2D eigenvalue weighted by atomic mass is 19.1. The van der Waals surface area contributed by atoms with Crippen LogP contribution >= 0.6 is 0 Å². The summed E-state index contributed by atoms with van der Waals surface area (Å²) in [7, 11) is 1.99. The van der Waals surface area contributed by atoms with Crippen molar-refractivity contribution in [2.45, 2.75) is 6.92 Å². The van der Waals surface area contributed by atoms with Crippen LogP contribution < -0.4 is 10.2 Å². The molecule has 0 spiro atoms. The molecular formula is C18H18FN3O. The van der Waals surface area contributed by atoms with Crippen LogP contribution in [-0.4, -0.2) is 24.5 Å². The van der Waals surface area contributed by atoms with E-state index in [0.717, 1.165) is 23.4 Å². The zero-order chi connectivity index (χ0) is 16.4. The summed E-state index contributed by atoms with van der Waals surface area (Å²) < 4.78 is 13.2. The van der Waals surface area contributed by atoms with E-state index in [1.807, 2.05) is 31.3 Å². The lowest BCUT2D eigenvalue weighted by atomic mass is 10.2. The van der Waals surface area contributed by atoms with Crippen molar-refractivity contribution in [2.24, 2.45) is 0 Å². The summed E-state index contributed by atoms with van der Waals surface area (Å²) in [5.41, 5.74) is 2.89. The summed E-state index contributed by atoms with van der Waals surface area (Å²) in [6, 6.07) is 13.7. The van der Waals surface area contributed by atoms with Crippen molar-refractivity contribution in [3.8, 4) is 0 Å². The van der Waals surface area contributed by atoms with Gasteiger partial charge in [0.25, 0.3) is 5.91 Å². The number of carbonyl (C=O) groups excluding carboxylic acids is 1. The normalized spacial score (nSPS) is 10.7. The van der Waals surface area contributed by atoms with E-state index in [1.54, 1.807) is 12.1 Å². The molecular weight excluding hydrogens is 293 g/mol. The van der Waals surface area contributed by atoms with E-state index in [2.05, 4.69) is 22.1 Å². The van der Waals surface area contributed by atoms with Crippen molar-refractivity contribution in [1.29, 1.82) is 0 Å². The van der Waals surface area contributed by atoms with Gasteiger partial charge in [-0.15, -0.1) is 0 Å². The van der Waals surface area contributed by atoms with Gasteiger partial charge < -0.3 is 15.2 Å². The number of nitrogens with zero attached hydrogens (tertiary/aromatic N) is 1. The van der Waals surface area contributed by atoms with Gasteiger partial charge in [-0.2, -0.15) is 0 Å². The van der Waals surface area contributed by atoms with Crippen molar-refractivity contribution in [3.05, 3.63) is 60.0 Å². The number of hydrogen-bond donors (Lipinski definition) is 2. The molecule has 0 saturated carbocycles. The van der Waals surface area contributed by atoms with Crippen LogP contribution in [0.5, 0.6) is 0 Å². The lowest BCUT2D eigenvalue weighted by molar-refractivity contribution is 0.102. The first-order valence-corrected chi connectivity index (χ1v) is 7.47. The fourth-order valence-corrected chi connectivity index (χ4v) is 2.43. The zero-order valence-corrected chi connectivity index (χ0v) is 13.1. The third-order valence-corrected chi connectivity index (χ3v) is 3.85. The molecule has 0 aliphatic carbocycles. The fraction of sp³-hybridized carbons (Fsp3) is 0.167. The van der Waals surface area contributed by atoms with Crippen LogP contribution in [0.4, 0.5) is 15.8 Å². The summed E-state index contributed by atoms with van der Waals surface area (Å²) in [5, 5.41) is 3.54. The average molecular weight is 311 g/mol. The monoisotopic (exact) mass is 311 g/mol. The van der Waals surface area contributed by atoms with Gasteiger partial charge in [-0.3, -0.25) is 4.79 Å². The molecule has 0 unspecified atom stereocenters. The van der Waals surface area contributed by atoms with Crippen LogP contribution in [0.1, 0.15) is 17.4 Å². The quantitative estimate of drug-likeness (QED) is 0.764. The van der Waals surface area contributed by atoms with Crippen molar-refractivity contribution >= 4 is 28.2 Å². The minimum atomic E-state index is -0.321. The van der Waals surface area contributed by atoms with E-state index in [4.69, 9.17) is 0 Å². The number of aromatic amines is 1. The highest BCUT2D eigenvalue weighted by Crippen LogP contribution is 2.20. The second kappa shape index (κ2) is 6.12. The van der Waals surface area contributed by atoms with Crippen molar-refractivity contribution in [3.63, 3.8) is 0 Å². The Labute approximate surface area is 133 Å². The highest BCUT2D eigenvalue weighted by Gasteiger charge is 2.11. The highest BCUT2D eigenvalue weighted by molar-refractivity contribution is 6.06. The lowest BCUT2D eigenvalue weighted by Crippen LogP contribution is -2.16. The Balaban J connectivity index is 1.83. The maximum absolute atomic E-state index is 13.2. The predicted molar refractivity (Wildman–Crippen MR) is 91.6 cm³/mol. The molecule has 0 saturated heterocycles. The third kappa shape index (κ3) is 3.18. The number of hydrogen-bond acceptors (Lipinski definition) is 2. The Kier molecular flexibility index (Phi) is 4.02. The van der Waals surface area contributed by atoms with E-state index >= 15 is 0 Å². The van der Waals surface area contributed by atoms with E-state index in [0.29, 0.717) is 11.1 Å². The molecule has 3 rings (SSSR count). The second-order valence-corrected chi connectivity index (χ2v) is 5.43. The number of amides is 1. The SMILES string of the molecule is CCN(C)c1cccc(NC(=O)c2cc3cc(F)ccc3[nH]2)c1. The van der Waals surface area contributed by atoms with Crippen LogP contribution in [-0.2, 0) is 0 Å². The third-order valence-electron chi connectivity index (χ3n) is 3.85. The number of H-pyrrole nitrogens is 1. The van der Waals surface area contributed by atoms with Gasteiger partial charge in [0.1, 0.15) is 11.5 Å². The molecule has 5 heteroatoms. The van der Waals surface area contributed by atoms with Crippen LogP contribution in [0.15, 0.2) is 48.5 Å². The Morgan fingerprint density at radius 2 is 2.04 bits per heavy atom. The van der Waals surface area contributed by atoms with Gasteiger partial charge in [0, 0.05) is 35.9 Å². The van der Waals surface area contributed by atoms with Gasteiger partial charge in [0.15, 0.2) is 0 Å². The van der Waals surface area contributed by atoms with E-state index in [9.17, 15) is 9.18 Å². The Morgan fingerprint density at radius 3 is 2.83 bits per heavy atom. The van der Waals surface area contributed by atoms with Crippen LogP contribution in [0, 0.1) is 5.82 Å². The molecule has 2 N–H and O–H groups in total. The summed E-state index contributed by atoms with van der Waals surface area (Å²) in [5.74, 6) is -0.573. The molecule has 0 bridgehead atoms. The Morgan fingerprint density at radius 1 is 1.22 bits per heavy atom. The van der Waals surface area contributed by atoms with Gasteiger partial charge in [-0.1, -0.05) is 6.07 Å². The van der Waals surface area contributed by atoms with E-state index < -0.39 is 0 Å². The fourth-order valence-electron chi connectivity index (χ4n) is 2.43. The van der Waals surface area contributed by atoms with Gasteiger partial charge in [-0.25, -0.2) is 4.39 Å². The molecule has 1 amide bonds. The number of benzene rings is 2. The minimum Gasteiger partial charge on any atom is -0.375 e. The smallest absolute Gasteiger partial charge is 0.272 e. The number of aromatic nitrogens is 1. The van der Waals surface area contributed by atoms with Gasteiger partial charge in [0.05, 0.1) is 0 Å². The number of anilines is 2. The first kappa shape index (κ1) is 15.1. The molecule has 3 aromatic rings. The molecule has 1 aromatic heterocycles. The van der Waals surface area contributed by atoms with Crippen molar-refractivity contribution < 1.29 is 9.18 Å². The lowest BCUT2D eigenvalue weighted by Gasteiger charge is -2.17. The summed E-state index contributed by atoms with van der Waals surface area (Å²) >= 11 is 0. The number of fused-ring (bicyclic) bond motifs is 1. The van der Waals surface area contributed by atoms with Gasteiger partial charge in [-0.05, 0) is 49.4 Å². The second-order valence-electron chi connectivity index (χ2n) is 5.43. The van der Waals surface area contributed by atoms with Gasteiger partial charge in [0.2, 0.25) is 0 Å². The molecule has 4 nitrogen and oxygen atoms in total. The molecule has 118 valence electrons. The van der Waals surface area contributed by atoms with Crippen LogP contribution in [0.3, 0.4) is 0 Å². The topological polar surface area (TPSA) is 48.1 Å². The zero-order valence-electron chi connectivity index (χ0n) is 13.1. The van der Waals surface area contributed by atoms with E-state index in [1.165, 1.54) is 12.1 Å². The average Bonchev–Trinajstić information content (AvgIpc) is 2.97. The maximum Gasteiger partial charge on any atom is 0.272 e. The number of nitrogens with one attached hydrogen (secondary N) is 2. The van der Waals surface area contributed by atoms with E-state index in [-0.39, 0.29) is 11.7 Å². The number of rotatable bonds is 4. The Hall–Kier alpha value is -2.82. The molecule has 0 radical (unpaired) electrons. The maximum atomic E-state index is 13.2. The number of halogens is 1. The molecule has 23 heavy (non-hydrogen) atoms. The summed E-state index contributed by atoms with van der Waals surface area (Å²) in [4.78, 5) is 17.5. The standard InChI is InChI=1S/C18H18FN3O/c1-3-22(2)15-6-4-5-14(11-15)20-18(23)17-10-12-9-13(19)7-8-16(12)21-17/h4-11,21H,3H2,1-2H3,(H,20,23). The first-order chi connectivity index (χ1) is 11.1. The largest absolute Gasteiger partial charge is 0.375 e. The van der Waals surface area contributed by atoms with Crippen LogP contribution in [0.2, 0.25) is 0 Å². The molecule has 0 atom stereocenters.